The molecule has 0 saturated carbocycles. The zero-order valence-corrected chi connectivity index (χ0v) is 11.7. The fraction of sp³-hybridized carbons (Fsp3) is 0.500. The Morgan fingerprint density at radius 2 is 2.16 bits per heavy atom. The third-order valence-corrected chi connectivity index (χ3v) is 5.13. The number of benzene rings is 1. The molecular weight excluding hydrogens is 271 g/mol. The number of halogens is 1. The molecule has 2 N–H and O–H groups in total. The van der Waals surface area contributed by atoms with Crippen LogP contribution in [0.3, 0.4) is 0 Å². The molecule has 0 amide bonds. The van der Waals surface area contributed by atoms with Crippen LogP contribution in [0.5, 0.6) is 0 Å². The molecule has 0 spiro atoms. The molecular formula is C12H17FN2O3S. The summed E-state index contributed by atoms with van der Waals surface area (Å²) in [6, 6.07) is 2.42. The minimum atomic E-state index is -3.74. The van der Waals surface area contributed by atoms with Gasteiger partial charge in [-0.2, -0.15) is 4.31 Å². The van der Waals surface area contributed by atoms with E-state index >= 15 is 0 Å². The second-order valence-electron chi connectivity index (χ2n) is 4.67. The Kier molecular flexibility index (Phi) is 3.80. The standard InChI is InChI=1S/C12H17FN2O3S/c1-8-7-15(3-4-18-8)19(16,17)12-6-10(14)5-11(13)9(12)2/h5-6,8H,3-4,7,14H2,1-2H3. The summed E-state index contributed by atoms with van der Waals surface area (Å²) in [6.07, 6.45) is -0.172. The van der Waals surface area contributed by atoms with E-state index in [0.717, 1.165) is 6.07 Å². The van der Waals surface area contributed by atoms with Crippen molar-refractivity contribution in [2.45, 2.75) is 24.8 Å². The normalized spacial score (nSPS) is 21.5. The predicted octanol–water partition coefficient (Wildman–Crippen LogP) is 1.13. The Balaban J connectivity index is 2.45. The van der Waals surface area contributed by atoms with Crippen LogP contribution in [0.2, 0.25) is 0 Å². The lowest BCUT2D eigenvalue weighted by Crippen LogP contribution is -2.44. The van der Waals surface area contributed by atoms with Crippen molar-refractivity contribution in [1.29, 1.82) is 0 Å². The van der Waals surface area contributed by atoms with Crippen molar-refractivity contribution in [2.24, 2.45) is 0 Å². The molecule has 0 aromatic heterocycles. The number of nitrogen functional groups attached to an aromatic ring is 1. The number of anilines is 1. The van der Waals surface area contributed by atoms with Crippen LogP contribution in [0.4, 0.5) is 10.1 Å². The van der Waals surface area contributed by atoms with Crippen molar-refractivity contribution in [1.82, 2.24) is 4.31 Å². The number of rotatable bonds is 2. The Labute approximate surface area is 112 Å². The summed E-state index contributed by atoms with van der Waals surface area (Å²) in [5.74, 6) is -0.611. The van der Waals surface area contributed by atoms with Gasteiger partial charge in [0.05, 0.1) is 17.6 Å². The number of nitrogens with zero attached hydrogens (tertiary/aromatic N) is 1. The molecule has 1 saturated heterocycles. The number of nitrogens with two attached hydrogens (primary N) is 1. The molecule has 1 atom stereocenters. The van der Waals surface area contributed by atoms with Crippen molar-refractivity contribution < 1.29 is 17.5 Å². The van der Waals surface area contributed by atoms with Gasteiger partial charge in [0.2, 0.25) is 10.0 Å². The van der Waals surface area contributed by atoms with Crippen molar-refractivity contribution in [3.63, 3.8) is 0 Å². The minimum Gasteiger partial charge on any atom is -0.399 e. The average molecular weight is 288 g/mol. The maximum atomic E-state index is 13.6. The molecule has 1 fully saturated rings. The molecule has 1 aliphatic rings. The highest BCUT2D eigenvalue weighted by molar-refractivity contribution is 7.89. The molecule has 1 aromatic rings. The molecule has 19 heavy (non-hydrogen) atoms. The fourth-order valence-electron chi connectivity index (χ4n) is 2.09. The third-order valence-electron chi connectivity index (χ3n) is 3.14. The summed E-state index contributed by atoms with van der Waals surface area (Å²) in [4.78, 5) is -0.0703. The third kappa shape index (κ3) is 2.72. The fourth-order valence-corrected chi connectivity index (χ4v) is 3.85. The number of sulfonamides is 1. The summed E-state index contributed by atoms with van der Waals surface area (Å²) in [5, 5.41) is 0. The molecule has 0 radical (unpaired) electrons. The summed E-state index contributed by atoms with van der Waals surface area (Å²) in [5.41, 5.74) is 5.73. The molecule has 2 rings (SSSR count). The summed E-state index contributed by atoms with van der Waals surface area (Å²) in [6.45, 7) is 4.10. The van der Waals surface area contributed by atoms with E-state index in [9.17, 15) is 12.8 Å². The van der Waals surface area contributed by atoms with Crippen molar-refractivity contribution >= 4 is 15.7 Å². The molecule has 0 aliphatic carbocycles. The van der Waals surface area contributed by atoms with Crippen molar-refractivity contribution in [3.8, 4) is 0 Å². The zero-order valence-electron chi connectivity index (χ0n) is 10.9. The van der Waals surface area contributed by atoms with Gasteiger partial charge in [-0.25, -0.2) is 12.8 Å². The van der Waals surface area contributed by atoms with E-state index in [1.807, 2.05) is 0 Å². The van der Waals surface area contributed by atoms with Crippen LogP contribution in [0.1, 0.15) is 12.5 Å². The van der Waals surface area contributed by atoms with Gasteiger partial charge in [-0.05, 0) is 26.0 Å². The van der Waals surface area contributed by atoms with Crippen LogP contribution >= 0.6 is 0 Å². The summed E-state index contributed by atoms with van der Waals surface area (Å²) >= 11 is 0. The summed E-state index contributed by atoms with van der Waals surface area (Å²) < 4.78 is 45.3. The minimum absolute atomic E-state index is 0.0703. The highest BCUT2D eigenvalue weighted by atomic mass is 32.2. The smallest absolute Gasteiger partial charge is 0.243 e. The van der Waals surface area contributed by atoms with Gasteiger partial charge >= 0.3 is 0 Å². The summed E-state index contributed by atoms with van der Waals surface area (Å²) in [7, 11) is -3.74. The SMILES string of the molecule is Cc1c(F)cc(N)cc1S(=O)(=O)N1CCOC(C)C1. The molecule has 1 unspecified atom stereocenters. The van der Waals surface area contributed by atoms with Gasteiger partial charge < -0.3 is 10.5 Å². The highest BCUT2D eigenvalue weighted by Gasteiger charge is 2.31. The first-order valence-corrected chi connectivity index (χ1v) is 7.43. The first-order valence-electron chi connectivity index (χ1n) is 5.99. The van der Waals surface area contributed by atoms with Gasteiger partial charge in [0.25, 0.3) is 0 Å². The Bertz CT molecular complexity index is 589. The molecule has 0 bridgehead atoms. The van der Waals surface area contributed by atoms with E-state index in [1.165, 1.54) is 17.3 Å². The monoisotopic (exact) mass is 288 g/mol. The predicted molar refractivity (Wildman–Crippen MR) is 69.7 cm³/mol. The van der Waals surface area contributed by atoms with Gasteiger partial charge in [0.1, 0.15) is 5.82 Å². The van der Waals surface area contributed by atoms with Crippen LogP contribution in [-0.2, 0) is 14.8 Å². The maximum Gasteiger partial charge on any atom is 0.243 e. The van der Waals surface area contributed by atoms with Gasteiger partial charge in [-0.1, -0.05) is 0 Å². The molecule has 1 heterocycles. The van der Waals surface area contributed by atoms with E-state index in [2.05, 4.69) is 0 Å². The van der Waals surface area contributed by atoms with Crippen LogP contribution in [0, 0.1) is 12.7 Å². The number of hydrogen-bond acceptors (Lipinski definition) is 4. The Morgan fingerprint density at radius 3 is 2.79 bits per heavy atom. The highest BCUT2D eigenvalue weighted by Crippen LogP contribution is 2.26. The average Bonchev–Trinajstić information content (AvgIpc) is 2.33. The lowest BCUT2D eigenvalue weighted by molar-refractivity contribution is 0.0102. The number of morpholine rings is 1. The van der Waals surface area contributed by atoms with E-state index in [1.54, 1.807) is 6.92 Å². The zero-order chi connectivity index (χ0) is 14.2. The lowest BCUT2D eigenvalue weighted by Gasteiger charge is -2.30. The molecule has 1 aromatic carbocycles. The topological polar surface area (TPSA) is 72.6 Å². The first kappa shape index (κ1) is 14.2. The number of hydrogen-bond donors (Lipinski definition) is 1. The van der Waals surface area contributed by atoms with Crippen molar-refractivity contribution in [2.75, 3.05) is 25.4 Å². The Morgan fingerprint density at radius 1 is 1.47 bits per heavy atom. The van der Waals surface area contributed by atoms with Crippen LogP contribution < -0.4 is 5.73 Å². The van der Waals surface area contributed by atoms with E-state index in [0.29, 0.717) is 6.61 Å². The molecule has 5 nitrogen and oxygen atoms in total. The van der Waals surface area contributed by atoms with Crippen LogP contribution in [-0.4, -0.2) is 38.5 Å². The van der Waals surface area contributed by atoms with Gasteiger partial charge in [-0.3, -0.25) is 0 Å². The number of ether oxygens (including phenoxy) is 1. The maximum absolute atomic E-state index is 13.6. The second-order valence-corrected chi connectivity index (χ2v) is 6.58. The van der Waals surface area contributed by atoms with Gasteiger partial charge in [0, 0.05) is 24.3 Å². The molecule has 106 valence electrons. The lowest BCUT2D eigenvalue weighted by atomic mass is 10.2. The molecule has 1 aliphatic heterocycles. The van der Waals surface area contributed by atoms with E-state index < -0.39 is 15.8 Å². The Hall–Kier alpha value is -1.18. The van der Waals surface area contributed by atoms with Gasteiger partial charge in [-0.15, -0.1) is 0 Å². The van der Waals surface area contributed by atoms with Crippen LogP contribution in [0.15, 0.2) is 17.0 Å². The second kappa shape index (κ2) is 5.07. The van der Waals surface area contributed by atoms with Crippen LogP contribution in [0.25, 0.3) is 0 Å². The van der Waals surface area contributed by atoms with Gasteiger partial charge in [0.15, 0.2) is 0 Å². The van der Waals surface area contributed by atoms with E-state index in [4.69, 9.17) is 10.5 Å². The van der Waals surface area contributed by atoms with Crippen molar-refractivity contribution in [3.05, 3.63) is 23.5 Å². The molecule has 7 heteroatoms. The first-order chi connectivity index (χ1) is 8.82. The largest absolute Gasteiger partial charge is 0.399 e. The van der Waals surface area contributed by atoms with E-state index in [-0.39, 0.29) is 35.3 Å². The quantitative estimate of drug-likeness (QED) is 0.828.